The number of hydrogen-bond donors (Lipinski definition) is 0. The van der Waals surface area contributed by atoms with Crippen molar-refractivity contribution >= 4 is 0 Å². The average Bonchev–Trinajstić information content (AvgIpc) is 2.20. The Labute approximate surface area is 111 Å². The zero-order valence-corrected chi connectivity index (χ0v) is 11.1. The van der Waals surface area contributed by atoms with Crippen molar-refractivity contribution in [3.8, 4) is 0 Å². The number of alkyl halides is 3. The Bertz CT molecular complexity index is 481. The molecule has 0 atom stereocenters. The lowest BCUT2D eigenvalue weighted by atomic mass is 9.63. The molecule has 1 nitrogen and oxygen atoms in total. The van der Waals surface area contributed by atoms with Gasteiger partial charge in [-0.3, -0.25) is 4.90 Å². The number of hydrogen-bond acceptors (Lipinski definition) is 1. The molecule has 1 spiro atoms. The van der Waals surface area contributed by atoms with Gasteiger partial charge in [0, 0.05) is 19.6 Å². The summed E-state index contributed by atoms with van der Waals surface area (Å²) in [6.45, 7) is 4.07. The molecule has 1 aromatic carbocycles. The van der Waals surface area contributed by atoms with Crippen molar-refractivity contribution in [2.45, 2.75) is 38.9 Å². The van der Waals surface area contributed by atoms with E-state index >= 15 is 0 Å². The average molecular weight is 269 g/mol. The van der Waals surface area contributed by atoms with Gasteiger partial charge in [0.2, 0.25) is 0 Å². The molecule has 3 rings (SSSR count). The second-order valence-corrected chi connectivity index (χ2v) is 6.16. The van der Waals surface area contributed by atoms with Crippen molar-refractivity contribution in [3.63, 3.8) is 0 Å². The van der Waals surface area contributed by atoms with Crippen molar-refractivity contribution in [1.29, 1.82) is 0 Å². The van der Waals surface area contributed by atoms with E-state index in [9.17, 15) is 13.2 Å². The van der Waals surface area contributed by atoms with E-state index in [0.29, 0.717) is 23.1 Å². The number of likely N-dealkylation sites (tertiary alicyclic amines) is 1. The molecule has 0 aromatic heterocycles. The van der Waals surface area contributed by atoms with Crippen LogP contribution in [0.15, 0.2) is 18.2 Å². The second-order valence-electron chi connectivity index (χ2n) is 6.16. The molecule has 1 saturated heterocycles. The van der Waals surface area contributed by atoms with Crippen LogP contribution in [0.25, 0.3) is 0 Å². The van der Waals surface area contributed by atoms with Crippen LogP contribution < -0.4 is 0 Å². The third-order valence-electron chi connectivity index (χ3n) is 4.50. The highest BCUT2D eigenvalue weighted by Gasteiger charge is 2.47. The number of rotatable bonds is 2. The highest BCUT2D eigenvalue weighted by molar-refractivity contribution is 5.34. The summed E-state index contributed by atoms with van der Waals surface area (Å²) in [5.41, 5.74) is 1.06. The van der Waals surface area contributed by atoms with E-state index in [0.717, 1.165) is 13.1 Å². The van der Waals surface area contributed by atoms with Crippen LogP contribution in [0.5, 0.6) is 0 Å². The van der Waals surface area contributed by atoms with Crippen molar-refractivity contribution in [1.82, 2.24) is 4.90 Å². The number of halogens is 3. The maximum Gasteiger partial charge on any atom is 0.416 e. The predicted molar refractivity (Wildman–Crippen MR) is 67.7 cm³/mol. The molecule has 104 valence electrons. The monoisotopic (exact) mass is 269 g/mol. The molecule has 2 aliphatic rings. The normalized spacial score (nSPS) is 22.1. The molecule has 0 unspecified atom stereocenters. The summed E-state index contributed by atoms with van der Waals surface area (Å²) >= 11 is 0. The minimum atomic E-state index is -4.25. The first kappa shape index (κ1) is 13.0. The van der Waals surface area contributed by atoms with Crippen molar-refractivity contribution < 1.29 is 13.2 Å². The summed E-state index contributed by atoms with van der Waals surface area (Å²) < 4.78 is 39.0. The quantitative estimate of drug-likeness (QED) is 0.784. The molecule has 0 radical (unpaired) electrons. The fourth-order valence-corrected chi connectivity index (χ4v) is 3.34. The summed E-state index contributed by atoms with van der Waals surface area (Å²) in [4.78, 5) is 2.14. The van der Waals surface area contributed by atoms with E-state index in [1.165, 1.54) is 25.3 Å². The van der Waals surface area contributed by atoms with Crippen molar-refractivity contribution in [3.05, 3.63) is 34.9 Å². The minimum Gasteiger partial charge on any atom is -0.298 e. The van der Waals surface area contributed by atoms with Gasteiger partial charge in [-0.25, -0.2) is 0 Å². The highest BCUT2D eigenvalue weighted by Crippen LogP contribution is 2.48. The zero-order chi connectivity index (χ0) is 13.7. The van der Waals surface area contributed by atoms with E-state index < -0.39 is 11.7 Å². The van der Waals surface area contributed by atoms with Crippen LogP contribution in [0.2, 0.25) is 0 Å². The third-order valence-corrected chi connectivity index (χ3v) is 4.50. The Morgan fingerprint density at radius 1 is 1.21 bits per heavy atom. The van der Waals surface area contributed by atoms with E-state index in [4.69, 9.17) is 0 Å². The van der Waals surface area contributed by atoms with E-state index in [-0.39, 0.29) is 0 Å². The molecule has 0 amide bonds. The van der Waals surface area contributed by atoms with Gasteiger partial charge in [-0.2, -0.15) is 13.2 Å². The Morgan fingerprint density at radius 2 is 1.89 bits per heavy atom. The lowest BCUT2D eigenvalue weighted by Gasteiger charge is -2.56. The Hall–Kier alpha value is -1.03. The van der Waals surface area contributed by atoms with Crippen LogP contribution >= 0.6 is 0 Å². The van der Waals surface area contributed by atoms with Gasteiger partial charge in [-0.05, 0) is 36.8 Å². The standard InChI is InChI=1S/C15H18F3N/c1-11-3-4-12(13(7-11)15(16,17)18)8-19-9-14(10-19)5-2-6-14/h3-4,7H,2,5-6,8-10H2,1H3. The molecule has 19 heavy (non-hydrogen) atoms. The molecule has 4 heteroatoms. The van der Waals surface area contributed by atoms with Gasteiger partial charge in [0.1, 0.15) is 0 Å². The fourth-order valence-electron chi connectivity index (χ4n) is 3.34. The lowest BCUT2D eigenvalue weighted by Crippen LogP contribution is -2.59. The summed E-state index contributed by atoms with van der Waals surface area (Å²) in [5.74, 6) is 0. The molecule has 1 aromatic rings. The summed E-state index contributed by atoms with van der Waals surface area (Å²) in [5, 5.41) is 0. The van der Waals surface area contributed by atoms with Crippen molar-refractivity contribution in [2.75, 3.05) is 13.1 Å². The van der Waals surface area contributed by atoms with Crippen molar-refractivity contribution in [2.24, 2.45) is 5.41 Å². The lowest BCUT2D eigenvalue weighted by molar-refractivity contribution is -0.139. The summed E-state index contributed by atoms with van der Waals surface area (Å²) in [6.07, 6.45) is -0.459. The molecule has 0 bridgehead atoms. The fraction of sp³-hybridized carbons (Fsp3) is 0.600. The van der Waals surface area contributed by atoms with Gasteiger partial charge < -0.3 is 0 Å². The molecule has 1 saturated carbocycles. The van der Waals surface area contributed by atoms with Crippen LogP contribution in [-0.2, 0) is 12.7 Å². The topological polar surface area (TPSA) is 3.24 Å². The van der Waals surface area contributed by atoms with E-state index in [1.807, 2.05) is 0 Å². The summed E-state index contributed by atoms with van der Waals surface area (Å²) in [7, 11) is 0. The first-order valence-corrected chi connectivity index (χ1v) is 6.77. The van der Waals surface area contributed by atoms with E-state index in [1.54, 1.807) is 19.1 Å². The Morgan fingerprint density at radius 3 is 2.42 bits per heavy atom. The third kappa shape index (κ3) is 2.38. The first-order chi connectivity index (χ1) is 8.88. The van der Waals surface area contributed by atoms with Gasteiger partial charge in [0.25, 0.3) is 0 Å². The Kier molecular flexibility index (Phi) is 2.89. The number of benzene rings is 1. The maximum absolute atomic E-state index is 13.0. The maximum atomic E-state index is 13.0. The van der Waals surface area contributed by atoms with Crippen LogP contribution in [0.3, 0.4) is 0 Å². The molecular weight excluding hydrogens is 251 g/mol. The first-order valence-electron chi connectivity index (χ1n) is 6.77. The predicted octanol–water partition coefficient (Wildman–Crippen LogP) is 4.00. The molecule has 1 aliphatic carbocycles. The zero-order valence-electron chi connectivity index (χ0n) is 11.1. The second kappa shape index (κ2) is 4.23. The van der Waals surface area contributed by atoms with Gasteiger partial charge >= 0.3 is 6.18 Å². The van der Waals surface area contributed by atoms with Gasteiger partial charge in [0.15, 0.2) is 0 Å². The largest absolute Gasteiger partial charge is 0.416 e. The minimum absolute atomic E-state index is 0.410. The van der Waals surface area contributed by atoms with Crippen LogP contribution in [0, 0.1) is 12.3 Å². The van der Waals surface area contributed by atoms with E-state index in [2.05, 4.69) is 4.90 Å². The van der Waals surface area contributed by atoms with Gasteiger partial charge in [-0.1, -0.05) is 24.1 Å². The molecule has 0 N–H and O–H groups in total. The number of nitrogens with zero attached hydrogens (tertiary/aromatic N) is 1. The van der Waals surface area contributed by atoms with Gasteiger partial charge in [-0.15, -0.1) is 0 Å². The highest BCUT2D eigenvalue weighted by atomic mass is 19.4. The summed E-state index contributed by atoms with van der Waals surface area (Å²) in [6, 6.07) is 4.65. The van der Waals surface area contributed by atoms with Crippen LogP contribution in [-0.4, -0.2) is 18.0 Å². The van der Waals surface area contributed by atoms with Gasteiger partial charge in [0.05, 0.1) is 5.56 Å². The molecular formula is C15H18F3N. The SMILES string of the molecule is Cc1ccc(CN2CC3(CCC3)C2)c(C(F)(F)F)c1. The van der Waals surface area contributed by atoms with Crippen LogP contribution in [0.4, 0.5) is 13.2 Å². The smallest absolute Gasteiger partial charge is 0.298 e. The molecule has 2 fully saturated rings. The number of aryl methyl sites for hydroxylation is 1. The van der Waals surface area contributed by atoms with Crippen LogP contribution in [0.1, 0.15) is 36.0 Å². The molecule has 1 aliphatic heterocycles. The Balaban J connectivity index is 1.74. The molecule has 1 heterocycles.